The van der Waals surface area contributed by atoms with E-state index < -0.39 is 0 Å². The minimum atomic E-state index is 0.123. The molecule has 1 N–H and O–H groups in total. The summed E-state index contributed by atoms with van der Waals surface area (Å²) in [4.78, 5) is 10.9. The Morgan fingerprint density at radius 2 is 2.28 bits per heavy atom. The van der Waals surface area contributed by atoms with E-state index in [4.69, 9.17) is 20.8 Å². The van der Waals surface area contributed by atoms with Crippen LogP contribution in [0.3, 0.4) is 0 Å². The van der Waals surface area contributed by atoms with E-state index in [0.29, 0.717) is 23.2 Å². The Balaban J connectivity index is 1.53. The van der Waals surface area contributed by atoms with Crippen LogP contribution in [0.4, 0.5) is 6.01 Å². The quantitative estimate of drug-likeness (QED) is 0.773. The second kappa shape index (κ2) is 6.90. The third kappa shape index (κ3) is 3.55. The van der Waals surface area contributed by atoms with Crippen LogP contribution in [0.2, 0.25) is 5.02 Å². The number of aryl methyl sites for hydroxylation is 1. The van der Waals surface area contributed by atoms with Crippen molar-refractivity contribution in [2.45, 2.75) is 13.0 Å². The molecule has 3 aromatic rings. The smallest absolute Gasteiger partial charge is 0.298 e. The zero-order valence-corrected chi connectivity index (χ0v) is 14.7. The number of rotatable bonds is 4. The SMILES string of the molecule is Cc1cncc(OCC2CNCCN2c2nc3ccc(Cl)cc3o2)c1. The number of piperazine rings is 1. The van der Waals surface area contributed by atoms with Crippen LogP contribution < -0.4 is 15.0 Å². The Bertz CT molecular complexity index is 882. The van der Waals surface area contributed by atoms with Gasteiger partial charge in [-0.25, -0.2) is 0 Å². The van der Waals surface area contributed by atoms with Crippen LogP contribution >= 0.6 is 11.6 Å². The standard InChI is InChI=1S/C18H19ClN4O2/c1-12-6-15(10-21-8-12)24-11-14-9-20-4-5-23(14)18-22-16-3-2-13(19)7-17(16)25-18/h2-3,6-8,10,14,20H,4-5,9,11H2,1H3. The predicted molar refractivity (Wildman–Crippen MR) is 97.5 cm³/mol. The minimum absolute atomic E-state index is 0.123. The molecule has 1 unspecified atom stereocenters. The summed E-state index contributed by atoms with van der Waals surface area (Å²) in [5.41, 5.74) is 2.58. The molecule has 1 aliphatic heterocycles. The van der Waals surface area contributed by atoms with E-state index in [-0.39, 0.29) is 6.04 Å². The van der Waals surface area contributed by atoms with Crippen LogP contribution in [-0.4, -0.2) is 42.3 Å². The molecule has 0 saturated carbocycles. The van der Waals surface area contributed by atoms with Gasteiger partial charge in [0.25, 0.3) is 6.01 Å². The average Bonchev–Trinajstić information content (AvgIpc) is 3.03. The fourth-order valence-electron chi connectivity index (χ4n) is 2.97. The number of halogens is 1. The molecule has 1 saturated heterocycles. The van der Waals surface area contributed by atoms with E-state index >= 15 is 0 Å². The highest BCUT2D eigenvalue weighted by Crippen LogP contribution is 2.26. The van der Waals surface area contributed by atoms with Crippen LogP contribution in [-0.2, 0) is 0 Å². The molecule has 1 atom stereocenters. The number of oxazole rings is 1. The van der Waals surface area contributed by atoms with Crippen LogP contribution in [0.25, 0.3) is 11.1 Å². The topological polar surface area (TPSA) is 63.4 Å². The molecule has 1 aliphatic rings. The van der Waals surface area contributed by atoms with Crippen molar-refractivity contribution in [2.75, 3.05) is 31.1 Å². The molecule has 130 valence electrons. The van der Waals surface area contributed by atoms with Gasteiger partial charge in [-0.3, -0.25) is 4.98 Å². The Labute approximate surface area is 150 Å². The lowest BCUT2D eigenvalue weighted by Crippen LogP contribution is -2.54. The number of ether oxygens (including phenoxy) is 1. The highest BCUT2D eigenvalue weighted by atomic mass is 35.5. The third-order valence-corrected chi connectivity index (χ3v) is 4.46. The average molecular weight is 359 g/mol. The molecule has 0 spiro atoms. The molecule has 25 heavy (non-hydrogen) atoms. The van der Waals surface area contributed by atoms with Crippen molar-refractivity contribution < 1.29 is 9.15 Å². The second-order valence-electron chi connectivity index (χ2n) is 6.17. The molecule has 6 nitrogen and oxygen atoms in total. The van der Waals surface area contributed by atoms with E-state index in [2.05, 4.69) is 20.2 Å². The molecule has 0 radical (unpaired) electrons. The fraction of sp³-hybridized carbons (Fsp3) is 0.333. The van der Waals surface area contributed by atoms with Gasteiger partial charge < -0.3 is 19.4 Å². The lowest BCUT2D eigenvalue weighted by molar-refractivity contribution is 0.261. The maximum absolute atomic E-state index is 6.04. The summed E-state index contributed by atoms with van der Waals surface area (Å²) in [6.45, 7) is 5.01. The molecule has 1 fully saturated rings. The zero-order valence-electron chi connectivity index (χ0n) is 13.9. The Morgan fingerprint density at radius 1 is 1.36 bits per heavy atom. The fourth-order valence-corrected chi connectivity index (χ4v) is 3.13. The van der Waals surface area contributed by atoms with E-state index in [1.165, 1.54) is 0 Å². The van der Waals surface area contributed by atoms with Gasteiger partial charge in [0.05, 0.1) is 12.2 Å². The first-order chi connectivity index (χ1) is 12.2. The molecular weight excluding hydrogens is 340 g/mol. The molecule has 2 aromatic heterocycles. The maximum atomic E-state index is 6.04. The van der Waals surface area contributed by atoms with Crippen LogP contribution in [0.5, 0.6) is 5.75 Å². The van der Waals surface area contributed by atoms with Crippen molar-refractivity contribution >= 4 is 28.7 Å². The van der Waals surface area contributed by atoms with Gasteiger partial charge in [0, 0.05) is 36.9 Å². The molecule has 1 aromatic carbocycles. The number of hydrogen-bond acceptors (Lipinski definition) is 6. The van der Waals surface area contributed by atoms with E-state index in [1.807, 2.05) is 31.3 Å². The molecule has 0 aliphatic carbocycles. The molecule has 3 heterocycles. The summed E-state index contributed by atoms with van der Waals surface area (Å²) in [5.74, 6) is 0.773. The lowest BCUT2D eigenvalue weighted by atomic mass is 10.2. The number of anilines is 1. The van der Waals surface area contributed by atoms with Gasteiger partial charge >= 0.3 is 0 Å². The number of nitrogens with one attached hydrogen (secondary N) is 1. The van der Waals surface area contributed by atoms with Crippen LogP contribution in [0.1, 0.15) is 5.56 Å². The van der Waals surface area contributed by atoms with Crippen LogP contribution in [0, 0.1) is 6.92 Å². The minimum Gasteiger partial charge on any atom is -0.490 e. The van der Waals surface area contributed by atoms with Gasteiger partial charge in [0.15, 0.2) is 5.58 Å². The summed E-state index contributed by atoms with van der Waals surface area (Å²) < 4.78 is 11.9. The number of nitrogens with zero attached hydrogens (tertiary/aromatic N) is 3. The lowest BCUT2D eigenvalue weighted by Gasteiger charge is -2.34. The molecule has 0 amide bonds. The number of aromatic nitrogens is 2. The summed E-state index contributed by atoms with van der Waals surface area (Å²) >= 11 is 6.04. The van der Waals surface area contributed by atoms with Gasteiger partial charge in [0.1, 0.15) is 17.9 Å². The molecule has 4 rings (SSSR count). The Morgan fingerprint density at radius 3 is 3.16 bits per heavy atom. The zero-order chi connectivity index (χ0) is 17.2. The van der Waals surface area contributed by atoms with Crippen molar-refractivity contribution in [1.29, 1.82) is 0 Å². The summed E-state index contributed by atoms with van der Waals surface area (Å²) in [6.07, 6.45) is 3.54. The maximum Gasteiger partial charge on any atom is 0.298 e. The van der Waals surface area contributed by atoms with E-state index in [9.17, 15) is 0 Å². The van der Waals surface area contributed by atoms with E-state index in [0.717, 1.165) is 36.5 Å². The van der Waals surface area contributed by atoms with Gasteiger partial charge in [-0.2, -0.15) is 4.98 Å². The number of pyridine rings is 1. The second-order valence-corrected chi connectivity index (χ2v) is 6.61. The first-order valence-corrected chi connectivity index (χ1v) is 8.65. The Kier molecular flexibility index (Phi) is 4.46. The predicted octanol–water partition coefficient (Wildman–Crippen LogP) is 3.04. The molecule has 7 heteroatoms. The molecular formula is C18H19ClN4O2. The number of benzene rings is 1. The van der Waals surface area contributed by atoms with Crippen molar-refractivity contribution in [2.24, 2.45) is 0 Å². The highest BCUT2D eigenvalue weighted by Gasteiger charge is 2.27. The van der Waals surface area contributed by atoms with Crippen LogP contribution in [0.15, 0.2) is 41.1 Å². The van der Waals surface area contributed by atoms with Gasteiger partial charge in [-0.1, -0.05) is 11.6 Å². The normalized spacial score (nSPS) is 17.8. The Hall–Kier alpha value is -2.31. The highest BCUT2D eigenvalue weighted by molar-refractivity contribution is 6.31. The molecule has 0 bridgehead atoms. The number of hydrogen-bond donors (Lipinski definition) is 1. The first-order valence-electron chi connectivity index (χ1n) is 8.27. The van der Waals surface area contributed by atoms with Crippen molar-refractivity contribution in [3.63, 3.8) is 0 Å². The van der Waals surface area contributed by atoms with Gasteiger partial charge in [-0.05, 0) is 30.7 Å². The first kappa shape index (κ1) is 16.2. The van der Waals surface area contributed by atoms with Gasteiger partial charge in [-0.15, -0.1) is 0 Å². The summed E-state index contributed by atoms with van der Waals surface area (Å²) in [7, 11) is 0. The van der Waals surface area contributed by atoms with Crippen molar-refractivity contribution in [3.05, 3.63) is 47.2 Å². The third-order valence-electron chi connectivity index (χ3n) is 4.23. The summed E-state index contributed by atoms with van der Waals surface area (Å²) in [5, 5.41) is 4.04. The summed E-state index contributed by atoms with van der Waals surface area (Å²) in [6, 6.07) is 8.19. The van der Waals surface area contributed by atoms with Gasteiger partial charge in [0.2, 0.25) is 0 Å². The largest absolute Gasteiger partial charge is 0.490 e. The van der Waals surface area contributed by atoms with E-state index in [1.54, 1.807) is 12.3 Å². The monoisotopic (exact) mass is 358 g/mol. The number of fused-ring (bicyclic) bond motifs is 1. The van der Waals surface area contributed by atoms with Crippen molar-refractivity contribution in [1.82, 2.24) is 15.3 Å². The van der Waals surface area contributed by atoms with Crippen molar-refractivity contribution in [3.8, 4) is 5.75 Å².